The van der Waals surface area contributed by atoms with Crippen LogP contribution in [-0.2, 0) is 4.74 Å². The van der Waals surface area contributed by atoms with E-state index >= 15 is 0 Å². The highest BCUT2D eigenvalue weighted by Crippen LogP contribution is 2.34. The van der Waals surface area contributed by atoms with Crippen LogP contribution in [0.15, 0.2) is 6.07 Å². The molecule has 1 aromatic heterocycles. The second-order valence-corrected chi connectivity index (χ2v) is 4.13. The molecule has 5 N–H and O–H groups in total. The molecule has 1 saturated carbocycles. The zero-order valence-electron chi connectivity index (χ0n) is 9.36. The molecule has 6 nitrogen and oxygen atoms in total. The molecule has 1 aromatic rings. The van der Waals surface area contributed by atoms with E-state index in [1.165, 1.54) is 6.42 Å². The van der Waals surface area contributed by atoms with Crippen LogP contribution in [0.4, 0.5) is 17.6 Å². The van der Waals surface area contributed by atoms with Crippen LogP contribution in [0.5, 0.6) is 0 Å². The molecule has 0 unspecified atom stereocenters. The Hall–Kier alpha value is -1.56. The lowest BCUT2D eigenvalue weighted by atomic mass is 9.80. The first-order valence-corrected chi connectivity index (χ1v) is 5.33. The van der Waals surface area contributed by atoms with E-state index in [-0.39, 0.29) is 11.5 Å². The van der Waals surface area contributed by atoms with Crippen LogP contribution in [-0.4, -0.2) is 29.2 Å². The highest BCUT2D eigenvalue weighted by atomic mass is 16.5. The second kappa shape index (κ2) is 4.13. The topological polar surface area (TPSA) is 99.1 Å². The van der Waals surface area contributed by atoms with Crippen molar-refractivity contribution < 1.29 is 4.74 Å². The van der Waals surface area contributed by atoms with Crippen molar-refractivity contribution in [1.82, 2.24) is 9.97 Å². The first-order valence-electron chi connectivity index (χ1n) is 5.33. The Balaban J connectivity index is 1.98. The molecule has 0 atom stereocenters. The fraction of sp³-hybridized carbons (Fsp3) is 0.600. The third kappa shape index (κ3) is 2.16. The fourth-order valence-electron chi connectivity index (χ4n) is 1.85. The maximum atomic E-state index is 5.58. The van der Waals surface area contributed by atoms with Crippen molar-refractivity contribution in [1.29, 1.82) is 0 Å². The molecule has 2 rings (SSSR count). The minimum absolute atomic E-state index is 0.0471. The number of hydrogen-bond donors (Lipinski definition) is 3. The second-order valence-electron chi connectivity index (χ2n) is 4.13. The number of rotatable bonds is 4. The lowest BCUT2D eigenvalue weighted by Crippen LogP contribution is -2.45. The number of ether oxygens (including phenoxy) is 1. The average molecular weight is 223 g/mol. The summed E-state index contributed by atoms with van der Waals surface area (Å²) in [6.45, 7) is 0.722. The van der Waals surface area contributed by atoms with E-state index in [4.69, 9.17) is 16.2 Å². The number of hydrogen-bond acceptors (Lipinski definition) is 6. The molecule has 0 radical (unpaired) electrons. The van der Waals surface area contributed by atoms with Gasteiger partial charge in [0.25, 0.3) is 0 Å². The molecule has 0 aromatic carbocycles. The molecule has 1 heterocycles. The molecule has 0 amide bonds. The van der Waals surface area contributed by atoms with E-state index in [2.05, 4.69) is 15.3 Å². The number of anilines is 3. The van der Waals surface area contributed by atoms with Gasteiger partial charge in [-0.2, -0.15) is 9.97 Å². The third-order valence-electron chi connectivity index (χ3n) is 3.05. The van der Waals surface area contributed by atoms with Gasteiger partial charge in [0.05, 0.1) is 5.60 Å². The van der Waals surface area contributed by atoms with E-state index in [1.807, 2.05) is 0 Å². The van der Waals surface area contributed by atoms with Gasteiger partial charge in [0, 0.05) is 19.7 Å². The van der Waals surface area contributed by atoms with Gasteiger partial charge in [0.1, 0.15) is 11.6 Å². The maximum Gasteiger partial charge on any atom is 0.223 e. The average Bonchev–Trinajstić information content (AvgIpc) is 2.15. The lowest BCUT2D eigenvalue weighted by Gasteiger charge is -2.40. The van der Waals surface area contributed by atoms with Crippen LogP contribution in [0.2, 0.25) is 0 Å². The van der Waals surface area contributed by atoms with Gasteiger partial charge in [0.15, 0.2) is 0 Å². The van der Waals surface area contributed by atoms with Crippen LogP contribution >= 0.6 is 0 Å². The molecule has 6 heteroatoms. The smallest absolute Gasteiger partial charge is 0.223 e. The Morgan fingerprint density at radius 2 is 2.19 bits per heavy atom. The largest absolute Gasteiger partial charge is 0.383 e. The Labute approximate surface area is 94.4 Å². The number of methoxy groups -OCH3 is 1. The minimum Gasteiger partial charge on any atom is -0.383 e. The summed E-state index contributed by atoms with van der Waals surface area (Å²) in [6.07, 6.45) is 3.36. The molecule has 16 heavy (non-hydrogen) atoms. The summed E-state index contributed by atoms with van der Waals surface area (Å²) in [5.41, 5.74) is 11.0. The maximum absolute atomic E-state index is 5.58. The molecule has 0 bridgehead atoms. The molecule has 0 saturated heterocycles. The van der Waals surface area contributed by atoms with E-state index in [1.54, 1.807) is 13.2 Å². The van der Waals surface area contributed by atoms with Crippen molar-refractivity contribution in [3.8, 4) is 0 Å². The zero-order valence-corrected chi connectivity index (χ0v) is 9.36. The summed E-state index contributed by atoms with van der Waals surface area (Å²) in [6, 6.07) is 1.67. The van der Waals surface area contributed by atoms with Crippen molar-refractivity contribution in [2.75, 3.05) is 30.4 Å². The van der Waals surface area contributed by atoms with E-state index in [9.17, 15) is 0 Å². The lowest BCUT2D eigenvalue weighted by molar-refractivity contribution is -0.0601. The Morgan fingerprint density at radius 3 is 2.69 bits per heavy atom. The fourth-order valence-corrected chi connectivity index (χ4v) is 1.85. The summed E-state index contributed by atoms with van der Waals surface area (Å²) in [5, 5.41) is 3.18. The predicted octanol–water partition coefficient (Wildman–Crippen LogP) is 0.622. The Bertz CT molecular complexity index is 352. The van der Waals surface area contributed by atoms with Crippen molar-refractivity contribution in [3.63, 3.8) is 0 Å². The minimum atomic E-state index is -0.0471. The summed E-state index contributed by atoms with van der Waals surface area (Å²) in [4.78, 5) is 7.86. The normalized spacial score (nSPS) is 17.8. The molecule has 1 aliphatic rings. The highest BCUT2D eigenvalue weighted by molar-refractivity contribution is 5.48. The number of nitrogens with zero attached hydrogens (tertiary/aromatic N) is 2. The van der Waals surface area contributed by atoms with Gasteiger partial charge >= 0.3 is 0 Å². The van der Waals surface area contributed by atoms with E-state index in [0.29, 0.717) is 11.6 Å². The zero-order chi connectivity index (χ0) is 11.6. The summed E-state index contributed by atoms with van der Waals surface area (Å²) >= 11 is 0. The molecule has 1 fully saturated rings. The van der Waals surface area contributed by atoms with Gasteiger partial charge in [-0.25, -0.2) is 0 Å². The van der Waals surface area contributed by atoms with E-state index < -0.39 is 0 Å². The van der Waals surface area contributed by atoms with Crippen molar-refractivity contribution in [2.45, 2.75) is 24.9 Å². The highest BCUT2D eigenvalue weighted by Gasteiger charge is 2.36. The van der Waals surface area contributed by atoms with Crippen LogP contribution in [0.3, 0.4) is 0 Å². The van der Waals surface area contributed by atoms with Gasteiger partial charge in [-0.3, -0.25) is 0 Å². The van der Waals surface area contributed by atoms with E-state index in [0.717, 1.165) is 19.4 Å². The molecular formula is C10H17N5O. The SMILES string of the molecule is COC1(CNc2cc(N)nc(N)n2)CCC1. The molecular weight excluding hydrogens is 206 g/mol. The number of nitrogen functional groups attached to an aromatic ring is 2. The number of nitrogens with one attached hydrogen (secondary N) is 1. The molecule has 88 valence electrons. The Morgan fingerprint density at radius 1 is 1.44 bits per heavy atom. The van der Waals surface area contributed by atoms with Crippen molar-refractivity contribution in [3.05, 3.63) is 6.07 Å². The van der Waals surface area contributed by atoms with Gasteiger partial charge in [-0.1, -0.05) is 0 Å². The van der Waals surface area contributed by atoms with Crippen molar-refractivity contribution in [2.24, 2.45) is 0 Å². The quantitative estimate of drug-likeness (QED) is 0.692. The van der Waals surface area contributed by atoms with Crippen molar-refractivity contribution >= 4 is 17.6 Å². The van der Waals surface area contributed by atoms with Gasteiger partial charge in [-0.05, 0) is 19.3 Å². The Kier molecular flexibility index (Phi) is 2.82. The molecule has 1 aliphatic carbocycles. The van der Waals surface area contributed by atoms with Gasteiger partial charge in [0.2, 0.25) is 5.95 Å². The first-order chi connectivity index (χ1) is 7.63. The van der Waals surface area contributed by atoms with Crippen LogP contribution in [0, 0.1) is 0 Å². The van der Waals surface area contributed by atoms with Crippen LogP contribution in [0.1, 0.15) is 19.3 Å². The monoisotopic (exact) mass is 223 g/mol. The van der Waals surface area contributed by atoms with Gasteiger partial charge < -0.3 is 21.5 Å². The summed E-state index contributed by atoms with van der Waals surface area (Å²) < 4.78 is 5.49. The molecule has 0 spiro atoms. The standard InChI is InChI=1S/C10H17N5O/c1-16-10(3-2-4-10)6-13-8-5-7(11)14-9(12)15-8/h5H,2-4,6H2,1H3,(H5,11,12,13,14,15). The third-order valence-corrected chi connectivity index (χ3v) is 3.05. The molecule has 0 aliphatic heterocycles. The summed E-state index contributed by atoms with van der Waals surface area (Å²) in [7, 11) is 1.74. The first kappa shape index (κ1) is 10.9. The number of aromatic nitrogens is 2. The van der Waals surface area contributed by atoms with Crippen LogP contribution < -0.4 is 16.8 Å². The predicted molar refractivity (Wildman–Crippen MR) is 62.9 cm³/mol. The van der Waals surface area contributed by atoms with Gasteiger partial charge in [-0.15, -0.1) is 0 Å². The van der Waals surface area contributed by atoms with Crippen LogP contribution in [0.25, 0.3) is 0 Å². The number of nitrogens with two attached hydrogens (primary N) is 2. The summed E-state index contributed by atoms with van der Waals surface area (Å²) in [5.74, 6) is 1.20.